The first-order valence-corrected chi connectivity index (χ1v) is 8.92. The minimum absolute atomic E-state index is 0.385. The van der Waals surface area contributed by atoms with E-state index in [1.165, 1.54) is 6.07 Å². The Morgan fingerprint density at radius 2 is 1.29 bits per heavy atom. The molecule has 2 atom stereocenters. The summed E-state index contributed by atoms with van der Waals surface area (Å²) in [7, 11) is 0. The molecule has 0 aliphatic rings. The first-order chi connectivity index (χ1) is 11.5. The SMILES string of the molecule is CCC(C)CCOC(=O)c1cccc(C(=O)OCCC(C)CC)c1. The summed E-state index contributed by atoms with van der Waals surface area (Å²) in [4.78, 5) is 24.1. The third-order valence-electron chi connectivity index (χ3n) is 4.42. The van der Waals surface area contributed by atoms with E-state index in [4.69, 9.17) is 9.47 Å². The van der Waals surface area contributed by atoms with Crippen LogP contribution >= 0.6 is 0 Å². The Kier molecular flexibility index (Phi) is 9.13. The van der Waals surface area contributed by atoms with E-state index in [-0.39, 0.29) is 0 Å². The van der Waals surface area contributed by atoms with Gasteiger partial charge >= 0.3 is 11.9 Å². The lowest BCUT2D eigenvalue weighted by molar-refractivity contribution is 0.0483. The summed E-state index contributed by atoms with van der Waals surface area (Å²) in [6, 6.07) is 6.52. The number of rotatable bonds is 10. The van der Waals surface area contributed by atoms with Crippen LogP contribution in [0.3, 0.4) is 0 Å². The molecule has 0 amide bonds. The number of benzene rings is 1. The van der Waals surface area contributed by atoms with Crippen molar-refractivity contribution < 1.29 is 19.1 Å². The monoisotopic (exact) mass is 334 g/mol. The van der Waals surface area contributed by atoms with E-state index >= 15 is 0 Å². The van der Waals surface area contributed by atoms with Crippen LogP contribution in [0.1, 0.15) is 74.1 Å². The van der Waals surface area contributed by atoms with Gasteiger partial charge in [0.1, 0.15) is 0 Å². The largest absolute Gasteiger partial charge is 0.462 e. The second-order valence-electron chi connectivity index (χ2n) is 6.46. The van der Waals surface area contributed by atoms with Crippen molar-refractivity contribution >= 4 is 11.9 Å². The van der Waals surface area contributed by atoms with Gasteiger partial charge < -0.3 is 9.47 Å². The molecule has 2 unspecified atom stereocenters. The average molecular weight is 334 g/mol. The normalized spacial score (nSPS) is 13.2. The van der Waals surface area contributed by atoms with Crippen LogP contribution < -0.4 is 0 Å². The van der Waals surface area contributed by atoms with Gasteiger partial charge in [0.05, 0.1) is 24.3 Å². The molecule has 0 spiro atoms. The standard InChI is InChI=1S/C20H30O4/c1-5-15(3)10-12-23-19(21)17-8-7-9-18(14-17)20(22)24-13-11-16(4)6-2/h7-9,14-16H,5-6,10-13H2,1-4H3. The maximum Gasteiger partial charge on any atom is 0.338 e. The number of ether oxygens (including phenoxy) is 2. The Morgan fingerprint density at radius 1 is 0.875 bits per heavy atom. The van der Waals surface area contributed by atoms with Crippen molar-refractivity contribution in [1.82, 2.24) is 0 Å². The summed E-state index contributed by atoms with van der Waals surface area (Å²) in [6.45, 7) is 9.29. The van der Waals surface area contributed by atoms with Gasteiger partial charge in [-0.3, -0.25) is 0 Å². The molecule has 134 valence electrons. The predicted octanol–water partition coefficient (Wildman–Crippen LogP) is 4.87. The van der Waals surface area contributed by atoms with Crippen LogP contribution in [0.25, 0.3) is 0 Å². The van der Waals surface area contributed by atoms with E-state index in [0.717, 1.165) is 25.7 Å². The molecular formula is C20H30O4. The zero-order valence-corrected chi connectivity index (χ0v) is 15.3. The third-order valence-corrected chi connectivity index (χ3v) is 4.42. The smallest absolute Gasteiger partial charge is 0.338 e. The molecule has 0 heterocycles. The summed E-state index contributed by atoms with van der Waals surface area (Å²) in [5, 5.41) is 0. The van der Waals surface area contributed by atoms with Crippen molar-refractivity contribution in [1.29, 1.82) is 0 Å². The van der Waals surface area contributed by atoms with E-state index < -0.39 is 11.9 Å². The van der Waals surface area contributed by atoms with Crippen molar-refractivity contribution in [2.45, 2.75) is 53.4 Å². The van der Waals surface area contributed by atoms with Gasteiger partial charge in [-0.05, 0) is 42.9 Å². The molecule has 0 aliphatic carbocycles. The van der Waals surface area contributed by atoms with Crippen molar-refractivity contribution in [3.63, 3.8) is 0 Å². The fourth-order valence-electron chi connectivity index (χ4n) is 2.05. The molecule has 1 aromatic rings. The van der Waals surface area contributed by atoms with Gasteiger partial charge in [-0.25, -0.2) is 9.59 Å². The molecule has 1 aromatic carbocycles. The minimum Gasteiger partial charge on any atom is -0.462 e. The molecule has 0 aliphatic heterocycles. The van der Waals surface area contributed by atoms with Gasteiger partial charge in [-0.15, -0.1) is 0 Å². The molecule has 1 rings (SSSR count). The predicted molar refractivity (Wildman–Crippen MR) is 95.2 cm³/mol. The van der Waals surface area contributed by atoms with E-state index in [2.05, 4.69) is 27.7 Å². The topological polar surface area (TPSA) is 52.6 Å². The van der Waals surface area contributed by atoms with Crippen molar-refractivity contribution in [2.75, 3.05) is 13.2 Å². The molecule has 0 aromatic heterocycles. The highest BCUT2D eigenvalue weighted by Gasteiger charge is 2.13. The van der Waals surface area contributed by atoms with Gasteiger partial charge in [0.25, 0.3) is 0 Å². The summed E-state index contributed by atoms with van der Waals surface area (Å²) < 4.78 is 10.5. The van der Waals surface area contributed by atoms with Gasteiger partial charge in [-0.2, -0.15) is 0 Å². The molecular weight excluding hydrogens is 304 g/mol. The van der Waals surface area contributed by atoms with E-state index in [1.54, 1.807) is 18.2 Å². The molecule has 24 heavy (non-hydrogen) atoms. The Balaban J connectivity index is 2.52. The molecule has 0 radical (unpaired) electrons. The van der Waals surface area contributed by atoms with Gasteiger partial charge in [0, 0.05) is 0 Å². The highest BCUT2D eigenvalue weighted by molar-refractivity contribution is 5.95. The number of carbonyl (C=O) groups is 2. The first-order valence-electron chi connectivity index (χ1n) is 8.92. The molecule has 0 fully saturated rings. The van der Waals surface area contributed by atoms with E-state index in [9.17, 15) is 9.59 Å². The van der Waals surface area contributed by atoms with Crippen LogP contribution in [0.5, 0.6) is 0 Å². The van der Waals surface area contributed by atoms with Gasteiger partial charge in [-0.1, -0.05) is 46.6 Å². The highest BCUT2D eigenvalue weighted by Crippen LogP contribution is 2.12. The Morgan fingerprint density at radius 3 is 1.67 bits per heavy atom. The fourth-order valence-corrected chi connectivity index (χ4v) is 2.05. The summed E-state index contributed by atoms with van der Waals surface area (Å²) in [6.07, 6.45) is 3.82. The number of hydrogen-bond donors (Lipinski definition) is 0. The average Bonchev–Trinajstić information content (AvgIpc) is 2.61. The Labute approximate surface area is 145 Å². The molecule has 0 saturated heterocycles. The van der Waals surface area contributed by atoms with E-state index in [0.29, 0.717) is 36.2 Å². The lowest BCUT2D eigenvalue weighted by Crippen LogP contribution is -2.12. The Bertz CT molecular complexity index is 481. The van der Waals surface area contributed by atoms with Crippen LogP contribution in [0, 0.1) is 11.8 Å². The van der Waals surface area contributed by atoms with Crippen LogP contribution in [0.4, 0.5) is 0 Å². The lowest BCUT2D eigenvalue weighted by Gasteiger charge is -2.10. The lowest BCUT2D eigenvalue weighted by atomic mass is 10.1. The maximum absolute atomic E-state index is 12.1. The molecule has 0 saturated carbocycles. The van der Waals surface area contributed by atoms with Crippen LogP contribution in [0.15, 0.2) is 24.3 Å². The maximum atomic E-state index is 12.1. The second kappa shape index (κ2) is 10.8. The van der Waals surface area contributed by atoms with Crippen molar-refractivity contribution in [2.24, 2.45) is 11.8 Å². The molecule has 0 bridgehead atoms. The molecule has 4 nitrogen and oxygen atoms in total. The first kappa shape index (κ1) is 20.2. The molecule has 0 N–H and O–H groups in total. The Hall–Kier alpha value is -1.84. The van der Waals surface area contributed by atoms with Crippen molar-refractivity contribution in [3.05, 3.63) is 35.4 Å². The third kappa shape index (κ3) is 7.16. The van der Waals surface area contributed by atoms with Crippen LogP contribution in [0.2, 0.25) is 0 Å². The number of esters is 2. The van der Waals surface area contributed by atoms with Crippen LogP contribution in [-0.2, 0) is 9.47 Å². The van der Waals surface area contributed by atoms with Crippen molar-refractivity contribution in [3.8, 4) is 0 Å². The van der Waals surface area contributed by atoms with Gasteiger partial charge in [0.15, 0.2) is 0 Å². The molecule has 4 heteroatoms. The number of carbonyl (C=O) groups excluding carboxylic acids is 2. The number of hydrogen-bond acceptors (Lipinski definition) is 4. The summed E-state index contributed by atoms with van der Waals surface area (Å²) in [5.41, 5.74) is 0.769. The van der Waals surface area contributed by atoms with Crippen LogP contribution in [-0.4, -0.2) is 25.2 Å². The second-order valence-corrected chi connectivity index (χ2v) is 6.46. The summed E-state index contributed by atoms with van der Waals surface area (Å²) >= 11 is 0. The summed E-state index contributed by atoms with van der Waals surface area (Å²) in [5.74, 6) is 0.273. The fraction of sp³-hybridized carbons (Fsp3) is 0.600. The van der Waals surface area contributed by atoms with Gasteiger partial charge in [0.2, 0.25) is 0 Å². The minimum atomic E-state index is -0.396. The quantitative estimate of drug-likeness (QED) is 0.573. The van der Waals surface area contributed by atoms with E-state index in [1.807, 2.05) is 0 Å². The zero-order chi connectivity index (χ0) is 17.9. The highest BCUT2D eigenvalue weighted by atomic mass is 16.5. The zero-order valence-electron chi connectivity index (χ0n) is 15.3.